The van der Waals surface area contributed by atoms with Crippen LogP contribution in [-0.4, -0.2) is 11.1 Å². The van der Waals surface area contributed by atoms with Gasteiger partial charge in [-0.3, -0.25) is 4.79 Å². The van der Waals surface area contributed by atoms with Crippen molar-refractivity contribution in [2.45, 2.75) is 96.8 Å². The maximum Gasteiger partial charge on any atom is 0.303 e. The Kier molecular flexibility index (Phi) is 18.7. The number of carbonyl (C=O) groups is 1. The molecule has 0 amide bonds. The Bertz CT molecular complexity index is 353. The SMILES string of the molecule is CCCCC/C=C/C/C=C/C/C=C/CCCCCCCCC(=O)O. The van der Waals surface area contributed by atoms with Crippen molar-refractivity contribution < 1.29 is 9.90 Å². The van der Waals surface area contributed by atoms with Crippen molar-refractivity contribution in [1.29, 1.82) is 0 Å². The lowest BCUT2D eigenvalue weighted by molar-refractivity contribution is -0.137. The predicted octanol–water partition coefficient (Wildman–Crippen LogP) is 7.22. The molecule has 0 aromatic carbocycles. The number of unbranched alkanes of at least 4 members (excludes halogenated alkanes) is 9. The molecule has 1 N–H and O–H groups in total. The summed E-state index contributed by atoms with van der Waals surface area (Å²) in [5.74, 6) is -0.669. The highest BCUT2D eigenvalue weighted by Crippen LogP contribution is 2.09. The highest BCUT2D eigenvalue weighted by molar-refractivity contribution is 5.66. The van der Waals surface area contributed by atoms with Gasteiger partial charge in [0.2, 0.25) is 0 Å². The minimum absolute atomic E-state index is 0.324. The molecule has 0 atom stereocenters. The van der Waals surface area contributed by atoms with Crippen molar-refractivity contribution in [3.8, 4) is 0 Å². The Morgan fingerprint density at radius 1 is 0.667 bits per heavy atom. The first-order chi connectivity index (χ1) is 11.8. The Labute approximate surface area is 149 Å². The Morgan fingerprint density at radius 3 is 1.67 bits per heavy atom. The largest absolute Gasteiger partial charge is 0.481 e. The summed E-state index contributed by atoms with van der Waals surface area (Å²) in [5.41, 5.74) is 0. The van der Waals surface area contributed by atoms with Crippen LogP contribution in [-0.2, 0) is 4.79 Å². The third kappa shape index (κ3) is 20.7. The van der Waals surface area contributed by atoms with Crippen molar-refractivity contribution in [2.24, 2.45) is 0 Å². The van der Waals surface area contributed by atoms with Gasteiger partial charge in [-0.05, 0) is 44.9 Å². The van der Waals surface area contributed by atoms with E-state index in [1.807, 2.05) is 0 Å². The molecule has 2 nitrogen and oxygen atoms in total. The van der Waals surface area contributed by atoms with Gasteiger partial charge in [0.1, 0.15) is 0 Å². The summed E-state index contributed by atoms with van der Waals surface area (Å²) in [6, 6.07) is 0. The van der Waals surface area contributed by atoms with Crippen molar-refractivity contribution in [1.82, 2.24) is 0 Å². The number of aliphatic carboxylic acids is 1. The average Bonchev–Trinajstić information content (AvgIpc) is 2.56. The van der Waals surface area contributed by atoms with Gasteiger partial charge in [-0.15, -0.1) is 0 Å². The van der Waals surface area contributed by atoms with E-state index in [4.69, 9.17) is 5.11 Å². The van der Waals surface area contributed by atoms with Crippen LogP contribution in [0.25, 0.3) is 0 Å². The van der Waals surface area contributed by atoms with Crippen LogP contribution >= 0.6 is 0 Å². The summed E-state index contributed by atoms with van der Waals surface area (Å²) in [6.45, 7) is 2.24. The molecule has 0 radical (unpaired) electrons. The molecule has 0 saturated heterocycles. The summed E-state index contributed by atoms with van der Waals surface area (Å²) in [4.78, 5) is 10.4. The molecule has 0 fully saturated rings. The van der Waals surface area contributed by atoms with Gasteiger partial charge in [0.15, 0.2) is 0 Å². The molecule has 0 aliphatic rings. The third-order valence-electron chi connectivity index (χ3n) is 4.03. The van der Waals surface area contributed by atoms with Crippen molar-refractivity contribution >= 4 is 5.97 Å². The lowest BCUT2D eigenvalue weighted by Crippen LogP contribution is -1.93. The number of rotatable bonds is 17. The number of hydrogen-bond acceptors (Lipinski definition) is 1. The highest BCUT2D eigenvalue weighted by atomic mass is 16.4. The lowest BCUT2D eigenvalue weighted by atomic mass is 10.1. The van der Waals surface area contributed by atoms with E-state index >= 15 is 0 Å². The van der Waals surface area contributed by atoms with Gasteiger partial charge in [0, 0.05) is 6.42 Å². The molecule has 0 unspecified atom stereocenters. The summed E-state index contributed by atoms with van der Waals surface area (Å²) < 4.78 is 0. The van der Waals surface area contributed by atoms with E-state index < -0.39 is 5.97 Å². The zero-order valence-electron chi connectivity index (χ0n) is 15.7. The molecule has 0 aromatic rings. The zero-order chi connectivity index (χ0) is 17.7. The second-order valence-electron chi connectivity index (χ2n) is 6.44. The van der Waals surface area contributed by atoms with Crippen LogP contribution in [0, 0.1) is 0 Å². The normalized spacial score (nSPS) is 12.0. The van der Waals surface area contributed by atoms with E-state index in [0.717, 1.165) is 25.7 Å². The summed E-state index contributed by atoms with van der Waals surface area (Å²) in [5, 5.41) is 8.54. The lowest BCUT2D eigenvalue weighted by Gasteiger charge is -1.99. The fourth-order valence-electron chi connectivity index (χ4n) is 2.54. The minimum atomic E-state index is -0.669. The highest BCUT2D eigenvalue weighted by Gasteiger charge is 1.96. The molecule has 0 aliphatic heterocycles. The van der Waals surface area contributed by atoms with E-state index in [1.54, 1.807) is 0 Å². The number of allylic oxidation sites excluding steroid dienone is 6. The fraction of sp³-hybridized carbons (Fsp3) is 0.682. The van der Waals surface area contributed by atoms with Gasteiger partial charge in [-0.1, -0.05) is 81.9 Å². The Morgan fingerprint density at radius 2 is 1.12 bits per heavy atom. The van der Waals surface area contributed by atoms with Gasteiger partial charge >= 0.3 is 5.97 Å². The van der Waals surface area contributed by atoms with E-state index in [9.17, 15) is 4.79 Å². The van der Waals surface area contributed by atoms with E-state index in [2.05, 4.69) is 43.4 Å². The quantitative estimate of drug-likeness (QED) is 0.225. The maximum absolute atomic E-state index is 10.4. The van der Waals surface area contributed by atoms with Crippen molar-refractivity contribution in [2.75, 3.05) is 0 Å². The molecule has 138 valence electrons. The standard InChI is InChI=1S/C22H38O2/c1-2-3-4-5-6-7-8-9-10-11-12-13-14-15-16-17-18-19-20-21-22(23)24/h6-7,9-10,12-13H,2-5,8,11,14-21H2,1H3,(H,23,24)/b7-6+,10-9+,13-12+. The van der Waals surface area contributed by atoms with E-state index in [1.165, 1.54) is 57.8 Å². The number of carboxylic acid groups (broad SMARTS) is 1. The van der Waals surface area contributed by atoms with Crippen LogP contribution < -0.4 is 0 Å². The smallest absolute Gasteiger partial charge is 0.303 e. The fourth-order valence-corrected chi connectivity index (χ4v) is 2.54. The zero-order valence-corrected chi connectivity index (χ0v) is 15.7. The predicted molar refractivity (Wildman–Crippen MR) is 105 cm³/mol. The summed E-state index contributed by atoms with van der Waals surface area (Å²) >= 11 is 0. The minimum Gasteiger partial charge on any atom is -0.481 e. The number of hydrogen-bond donors (Lipinski definition) is 1. The van der Waals surface area contributed by atoms with Gasteiger partial charge in [-0.25, -0.2) is 0 Å². The second-order valence-corrected chi connectivity index (χ2v) is 6.44. The molecule has 0 aliphatic carbocycles. The van der Waals surface area contributed by atoms with Crippen molar-refractivity contribution in [3.05, 3.63) is 36.5 Å². The molecule has 0 rings (SSSR count). The summed E-state index contributed by atoms with van der Waals surface area (Å²) in [6.07, 6.45) is 29.2. The Hall–Kier alpha value is -1.31. The average molecular weight is 335 g/mol. The van der Waals surface area contributed by atoms with Gasteiger partial charge < -0.3 is 5.11 Å². The molecule has 0 saturated carbocycles. The maximum atomic E-state index is 10.4. The molecule has 2 heteroatoms. The molecule has 0 spiro atoms. The second kappa shape index (κ2) is 19.7. The van der Waals surface area contributed by atoms with Gasteiger partial charge in [-0.2, -0.15) is 0 Å². The topological polar surface area (TPSA) is 37.3 Å². The third-order valence-corrected chi connectivity index (χ3v) is 4.03. The molecule has 0 aromatic heterocycles. The molecule has 24 heavy (non-hydrogen) atoms. The van der Waals surface area contributed by atoms with Crippen LogP contribution in [0.15, 0.2) is 36.5 Å². The summed E-state index contributed by atoms with van der Waals surface area (Å²) in [7, 11) is 0. The monoisotopic (exact) mass is 334 g/mol. The van der Waals surface area contributed by atoms with Crippen LogP contribution in [0.3, 0.4) is 0 Å². The van der Waals surface area contributed by atoms with Crippen LogP contribution in [0.1, 0.15) is 96.8 Å². The molecular weight excluding hydrogens is 296 g/mol. The van der Waals surface area contributed by atoms with Gasteiger partial charge in [0.25, 0.3) is 0 Å². The first-order valence-corrected chi connectivity index (χ1v) is 9.94. The van der Waals surface area contributed by atoms with E-state index in [0.29, 0.717) is 6.42 Å². The first-order valence-electron chi connectivity index (χ1n) is 9.94. The van der Waals surface area contributed by atoms with Crippen LogP contribution in [0.5, 0.6) is 0 Å². The van der Waals surface area contributed by atoms with Crippen LogP contribution in [0.4, 0.5) is 0 Å². The van der Waals surface area contributed by atoms with Crippen molar-refractivity contribution in [3.63, 3.8) is 0 Å². The molecule has 0 bridgehead atoms. The first kappa shape index (κ1) is 22.7. The van der Waals surface area contributed by atoms with Gasteiger partial charge in [0.05, 0.1) is 0 Å². The Balaban J connectivity index is 3.26. The number of carboxylic acids is 1. The molecule has 0 heterocycles. The molecular formula is C22H38O2. The van der Waals surface area contributed by atoms with Crippen LogP contribution in [0.2, 0.25) is 0 Å². The van der Waals surface area contributed by atoms with E-state index in [-0.39, 0.29) is 0 Å².